The Labute approximate surface area is 166 Å². The highest BCUT2D eigenvalue weighted by molar-refractivity contribution is 5.88. The van der Waals surface area contributed by atoms with E-state index in [0.717, 1.165) is 11.1 Å². The molecule has 0 saturated carbocycles. The van der Waals surface area contributed by atoms with Gasteiger partial charge >= 0.3 is 6.18 Å². The number of halogens is 3. The molecule has 3 rings (SSSR count). The van der Waals surface area contributed by atoms with Gasteiger partial charge in [-0.25, -0.2) is 0 Å². The number of rotatable bonds is 3. The number of alkyl halides is 3. The number of carbonyl (C=O) groups excluding carboxylic acids is 1. The summed E-state index contributed by atoms with van der Waals surface area (Å²) in [6.07, 6.45) is -1.57. The first-order valence-corrected chi connectivity index (χ1v) is 9.31. The van der Waals surface area contributed by atoms with Crippen molar-refractivity contribution in [2.45, 2.75) is 33.5 Å². The number of piperazine rings is 1. The van der Waals surface area contributed by atoms with E-state index in [1.807, 2.05) is 13.8 Å². The molecule has 0 atom stereocenters. The van der Waals surface area contributed by atoms with Gasteiger partial charge in [0.15, 0.2) is 0 Å². The molecule has 6 nitrogen and oxygen atoms in total. The van der Waals surface area contributed by atoms with Gasteiger partial charge in [0.25, 0.3) is 5.56 Å². The molecule has 0 unspecified atom stereocenters. The lowest BCUT2D eigenvalue weighted by molar-refractivity contribution is -0.139. The first kappa shape index (κ1) is 21.0. The van der Waals surface area contributed by atoms with Gasteiger partial charge in [0.2, 0.25) is 5.91 Å². The van der Waals surface area contributed by atoms with Crippen molar-refractivity contribution in [1.82, 2.24) is 19.8 Å². The number of allylic oxidation sites excluding steroid dienone is 1. The van der Waals surface area contributed by atoms with Gasteiger partial charge in [-0.3, -0.25) is 19.5 Å². The van der Waals surface area contributed by atoms with E-state index in [1.54, 1.807) is 17.0 Å². The zero-order valence-corrected chi connectivity index (χ0v) is 16.6. The van der Waals surface area contributed by atoms with Crippen molar-refractivity contribution in [1.29, 1.82) is 0 Å². The van der Waals surface area contributed by atoms with Crippen LogP contribution in [-0.4, -0.2) is 51.9 Å². The minimum absolute atomic E-state index is 0.00513. The van der Waals surface area contributed by atoms with Crippen LogP contribution in [0.4, 0.5) is 13.2 Å². The molecule has 0 aliphatic carbocycles. The molecule has 1 fully saturated rings. The SMILES string of the molecule is CC(C)=CC(=O)N1CCN(Cc2cnc3c(C)c(C(F)(F)F)c(=O)[nH]c3c2)CC1. The van der Waals surface area contributed by atoms with Crippen molar-refractivity contribution in [2.24, 2.45) is 0 Å². The maximum absolute atomic E-state index is 13.1. The largest absolute Gasteiger partial charge is 0.422 e. The van der Waals surface area contributed by atoms with E-state index in [1.165, 1.54) is 13.1 Å². The van der Waals surface area contributed by atoms with Gasteiger partial charge in [-0.05, 0) is 38.0 Å². The summed E-state index contributed by atoms with van der Waals surface area (Å²) < 4.78 is 39.3. The molecular weight excluding hydrogens is 385 g/mol. The summed E-state index contributed by atoms with van der Waals surface area (Å²) in [5.41, 5.74) is -0.369. The predicted octanol–water partition coefficient (Wildman–Crippen LogP) is 2.86. The molecule has 0 spiro atoms. The van der Waals surface area contributed by atoms with E-state index in [0.29, 0.717) is 32.7 Å². The minimum atomic E-state index is -4.73. The Balaban J connectivity index is 1.75. The number of amides is 1. The Hall–Kier alpha value is -2.68. The maximum atomic E-state index is 13.1. The Bertz CT molecular complexity index is 1010. The van der Waals surface area contributed by atoms with Crippen LogP contribution in [0.5, 0.6) is 0 Å². The normalized spacial score (nSPS) is 15.6. The number of aromatic nitrogens is 2. The Morgan fingerprint density at radius 3 is 2.48 bits per heavy atom. The topological polar surface area (TPSA) is 69.3 Å². The van der Waals surface area contributed by atoms with Gasteiger partial charge in [0.05, 0.1) is 11.0 Å². The van der Waals surface area contributed by atoms with E-state index in [9.17, 15) is 22.8 Å². The van der Waals surface area contributed by atoms with Crippen molar-refractivity contribution in [3.8, 4) is 0 Å². The van der Waals surface area contributed by atoms with Gasteiger partial charge in [0, 0.05) is 45.0 Å². The summed E-state index contributed by atoms with van der Waals surface area (Å²) >= 11 is 0. The molecule has 1 aliphatic rings. The van der Waals surface area contributed by atoms with E-state index in [4.69, 9.17) is 0 Å². The van der Waals surface area contributed by atoms with E-state index in [2.05, 4.69) is 14.9 Å². The fourth-order valence-electron chi connectivity index (χ4n) is 3.53. The van der Waals surface area contributed by atoms with Crippen LogP contribution >= 0.6 is 0 Å². The van der Waals surface area contributed by atoms with Crippen LogP contribution in [0.2, 0.25) is 0 Å². The number of nitrogens with zero attached hydrogens (tertiary/aromatic N) is 3. The molecule has 3 heterocycles. The number of fused-ring (bicyclic) bond motifs is 1. The standard InChI is InChI=1S/C20H23F3N4O2/c1-12(2)8-16(28)27-6-4-26(5-7-27)11-14-9-15-18(24-10-14)13(3)17(19(29)25-15)20(21,22)23/h8-10H,4-7,11H2,1-3H3,(H,25,29). The summed E-state index contributed by atoms with van der Waals surface area (Å²) in [4.78, 5) is 34.4. The second-order valence-corrected chi connectivity index (χ2v) is 7.51. The number of nitrogens with one attached hydrogen (secondary N) is 1. The molecule has 156 valence electrons. The molecule has 9 heteroatoms. The van der Waals surface area contributed by atoms with Crippen molar-refractivity contribution < 1.29 is 18.0 Å². The van der Waals surface area contributed by atoms with Gasteiger partial charge in [-0.1, -0.05) is 5.57 Å². The zero-order chi connectivity index (χ0) is 21.3. The summed E-state index contributed by atoms with van der Waals surface area (Å²) in [5.74, 6) is 0.00513. The van der Waals surface area contributed by atoms with E-state index in [-0.39, 0.29) is 22.5 Å². The van der Waals surface area contributed by atoms with Gasteiger partial charge in [-0.15, -0.1) is 0 Å². The number of aromatic amines is 1. The second-order valence-electron chi connectivity index (χ2n) is 7.51. The Morgan fingerprint density at radius 2 is 1.90 bits per heavy atom. The first-order chi connectivity index (χ1) is 13.6. The monoisotopic (exact) mass is 408 g/mol. The molecule has 2 aromatic rings. The predicted molar refractivity (Wildman–Crippen MR) is 103 cm³/mol. The lowest BCUT2D eigenvalue weighted by Crippen LogP contribution is -2.47. The number of H-pyrrole nitrogens is 1. The van der Waals surface area contributed by atoms with E-state index >= 15 is 0 Å². The molecule has 0 aromatic carbocycles. The third-order valence-electron chi connectivity index (χ3n) is 4.94. The summed E-state index contributed by atoms with van der Waals surface area (Å²) in [5, 5.41) is 0. The highest BCUT2D eigenvalue weighted by atomic mass is 19.4. The number of pyridine rings is 2. The van der Waals surface area contributed by atoms with Crippen LogP contribution in [0.3, 0.4) is 0 Å². The van der Waals surface area contributed by atoms with Crippen molar-refractivity contribution in [3.63, 3.8) is 0 Å². The average molecular weight is 408 g/mol. The smallest absolute Gasteiger partial charge is 0.337 e. The third-order valence-corrected chi connectivity index (χ3v) is 4.94. The van der Waals surface area contributed by atoms with E-state index < -0.39 is 17.3 Å². The average Bonchev–Trinajstić information content (AvgIpc) is 2.60. The van der Waals surface area contributed by atoms with Crippen LogP contribution in [-0.2, 0) is 17.5 Å². The summed E-state index contributed by atoms with van der Waals surface area (Å²) in [6, 6.07) is 1.66. The highest BCUT2D eigenvalue weighted by Crippen LogP contribution is 2.31. The van der Waals surface area contributed by atoms with Gasteiger partial charge in [-0.2, -0.15) is 13.2 Å². The fraction of sp³-hybridized carbons (Fsp3) is 0.450. The molecule has 1 N–H and O–H groups in total. The maximum Gasteiger partial charge on any atom is 0.422 e. The molecule has 29 heavy (non-hydrogen) atoms. The lowest BCUT2D eigenvalue weighted by Gasteiger charge is -2.34. The van der Waals surface area contributed by atoms with Gasteiger partial charge < -0.3 is 9.88 Å². The lowest BCUT2D eigenvalue weighted by atomic mass is 10.1. The fourth-order valence-corrected chi connectivity index (χ4v) is 3.53. The number of carbonyl (C=O) groups is 1. The number of hydrogen-bond acceptors (Lipinski definition) is 4. The Morgan fingerprint density at radius 1 is 1.24 bits per heavy atom. The Kier molecular flexibility index (Phi) is 5.79. The van der Waals surface area contributed by atoms with Crippen LogP contribution in [0, 0.1) is 6.92 Å². The summed E-state index contributed by atoms with van der Waals surface area (Å²) in [7, 11) is 0. The van der Waals surface area contributed by atoms with Gasteiger partial charge in [0.1, 0.15) is 5.56 Å². The van der Waals surface area contributed by atoms with Crippen LogP contribution in [0.15, 0.2) is 28.7 Å². The number of hydrogen-bond donors (Lipinski definition) is 1. The first-order valence-electron chi connectivity index (χ1n) is 9.31. The molecule has 1 amide bonds. The minimum Gasteiger partial charge on any atom is -0.337 e. The molecule has 0 radical (unpaired) electrons. The highest BCUT2D eigenvalue weighted by Gasteiger charge is 2.36. The zero-order valence-electron chi connectivity index (χ0n) is 16.6. The third kappa shape index (κ3) is 4.67. The molecule has 2 aromatic heterocycles. The van der Waals surface area contributed by atoms with Crippen molar-refractivity contribution >= 4 is 16.9 Å². The molecule has 0 bridgehead atoms. The number of aryl methyl sites for hydroxylation is 1. The van der Waals surface area contributed by atoms with Crippen molar-refractivity contribution in [2.75, 3.05) is 26.2 Å². The second kappa shape index (κ2) is 7.98. The van der Waals surface area contributed by atoms with Crippen LogP contribution < -0.4 is 5.56 Å². The molecular formula is C20H23F3N4O2. The van der Waals surface area contributed by atoms with Crippen molar-refractivity contribution in [3.05, 3.63) is 51.0 Å². The summed E-state index contributed by atoms with van der Waals surface area (Å²) in [6.45, 7) is 8.13. The van der Waals surface area contributed by atoms with Crippen LogP contribution in [0.1, 0.15) is 30.5 Å². The molecule has 1 saturated heterocycles. The quantitative estimate of drug-likeness (QED) is 0.793. The van der Waals surface area contributed by atoms with Crippen LogP contribution in [0.25, 0.3) is 11.0 Å². The molecule has 1 aliphatic heterocycles.